The molecule has 0 radical (unpaired) electrons. The van der Waals surface area contributed by atoms with Crippen LogP contribution < -0.4 is 11.1 Å². The number of rotatable bonds is 7. The van der Waals surface area contributed by atoms with Gasteiger partial charge < -0.3 is 11.1 Å². The second kappa shape index (κ2) is 7.88. The van der Waals surface area contributed by atoms with Crippen LogP contribution in [0.15, 0.2) is 12.4 Å². The van der Waals surface area contributed by atoms with Gasteiger partial charge in [-0.25, -0.2) is 0 Å². The molecule has 0 amide bonds. The molecule has 94 valence electrons. The summed E-state index contributed by atoms with van der Waals surface area (Å²) < 4.78 is 1.96. The van der Waals surface area contributed by atoms with Gasteiger partial charge in [0.25, 0.3) is 0 Å². The van der Waals surface area contributed by atoms with Crippen molar-refractivity contribution in [1.82, 2.24) is 15.1 Å². The highest BCUT2D eigenvalue weighted by Crippen LogP contribution is 2.10. The topological polar surface area (TPSA) is 55.9 Å². The largest absolute Gasteiger partial charge is 0.329 e. The van der Waals surface area contributed by atoms with Crippen LogP contribution in [-0.4, -0.2) is 22.9 Å². The van der Waals surface area contributed by atoms with E-state index in [1.165, 1.54) is 0 Å². The second-order valence-electron chi connectivity index (χ2n) is 3.96. The number of nitrogens with one attached hydrogen (secondary N) is 1. The predicted octanol–water partition coefficient (Wildman–Crippen LogP) is 1.30. The molecule has 4 nitrogen and oxygen atoms in total. The normalized spacial score (nSPS) is 11.9. The fourth-order valence-electron chi connectivity index (χ4n) is 1.68. The number of aryl methyl sites for hydroxylation is 1. The lowest BCUT2D eigenvalue weighted by molar-refractivity contribution is 0.548. The molecule has 1 rings (SSSR count). The summed E-state index contributed by atoms with van der Waals surface area (Å²) in [4.78, 5) is 0. The van der Waals surface area contributed by atoms with Gasteiger partial charge in [-0.15, -0.1) is 11.8 Å². The van der Waals surface area contributed by atoms with Crippen LogP contribution in [0.4, 0.5) is 0 Å². The first-order chi connectivity index (χ1) is 8.31. The lowest BCUT2D eigenvalue weighted by atomic mass is 10.1. The molecule has 17 heavy (non-hydrogen) atoms. The Morgan fingerprint density at radius 1 is 1.59 bits per heavy atom. The minimum Gasteiger partial charge on any atom is -0.329 e. The Morgan fingerprint density at radius 3 is 3.06 bits per heavy atom. The van der Waals surface area contributed by atoms with Crippen molar-refractivity contribution >= 4 is 0 Å². The molecule has 1 heterocycles. The fraction of sp³-hybridized carbons (Fsp3) is 0.615. The van der Waals surface area contributed by atoms with E-state index in [0.29, 0.717) is 6.54 Å². The number of hydrogen-bond acceptors (Lipinski definition) is 3. The van der Waals surface area contributed by atoms with Gasteiger partial charge in [-0.3, -0.25) is 4.68 Å². The number of hydrogen-bond donors (Lipinski definition) is 2. The molecular formula is C13H22N4. The average Bonchev–Trinajstić information content (AvgIpc) is 2.78. The van der Waals surface area contributed by atoms with Gasteiger partial charge in [-0.2, -0.15) is 5.10 Å². The Labute approximate surface area is 104 Å². The van der Waals surface area contributed by atoms with Crippen molar-refractivity contribution in [3.8, 4) is 11.8 Å². The molecule has 1 aromatic rings. The maximum Gasteiger partial charge on any atom is 0.0538 e. The van der Waals surface area contributed by atoms with Crippen molar-refractivity contribution in [2.75, 3.05) is 13.1 Å². The third-order valence-corrected chi connectivity index (χ3v) is 2.56. The monoisotopic (exact) mass is 234 g/mol. The Hall–Kier alpha value is -1.31. The lowest BCUT2D eigenvalue weighted by Gasteiger charge is -2.13. The highest BCUT2D eigenvalue weighted by Gasteiger charge is 2.10. The van der Waals surface area contributed by atoms with E-state index in [0.717, 1.165) is 31.5 Å². The van der Waals surface area contributed by atoms with Crippen LogP contribution in [0.3, 0.4) is 0 Å². The van der Waals surface area contributed by atoms with E-state index in [1.807, 2.05) is 17.8 Å². The molecule has 0 fully saturated rings. The molecule has 3 N–H and O–H groups in total. The maximum atomic E-state index is 5.77. The maximum absolute atomic E-state index is 5.77. The van der Waals surface area contributed by atoms with E-state index in [2.05, 4.69) is 35.4 Å². The SMILES string of the molecule is CC#CCCNC(CN)c1cnn(CCC)c1. The summed E-state index contributed by atoms with van der Waals surface area (Å²) in [5.74, 6) is 5.91. The minimum atomic E-state index is 0.180. The minimum absolute atomic E-state index is 0.180. The molecule has 0 aliphatic carbocycles. The van der Waals surface area contributed by atoms with Gasteiger partial charge in [0.2, 0.25) is 0 Å². The van der Waals surface area contributed by atoms with Crippen molar-refractivity contribution in [3.63, 3.8) is 0 Å². The summed E-state index contributed by atoms with van der Waals surface area (Å²) in [6.45, 7) is 6.40. The van der Waals surface area contributed by atoms with E-state index in [9.17, 15) is 0 Å². The summed E-state index contributed by atoms with van der Waals surface area (Å²) in [7, 11) is 0. The zero-order valence-corrected chi connectivity index (χ0v) is 10.7. The summed E-state index contributed by atoms with van der Waals surface area (Å²) in [6, 6.07) is 0.180. The van der Waals surface area contributed by atoms with Gasteiger partial charge in [0.1, 0.15) is 0 Å². The Kier molecular flexibility index (Phi) is 6.38. The highest BCUT2D eigenvalue weighted by atomic mass is 15.3. The molecule has 0 aliphatic heterocycles. The first-order valence-electron chi connectivity index (χ1n) is 6.17. The molecule has 0 aliphatic rings. The molecule has 0 saturated heterocycles. The predicted molar refractivity (Wildman–Crippen MR) is 70.4 cm³/mol. The zero-order chi connectivity index (χ0) is 12.5. The van der Waals surface area contributed by atoms with Gasteiger partial charge in [-0.1, -0.05) is 6.92 Å². The highest BCUT2D eigenvalue weighted by molar-refractivity contribution is 5.11. The van der Waals surface area contributed by atoms with Crippen LogP contribution >= 0.6 is 0 Å². The van der Waals surface area contributed by atoms with Crippen molar-refractivity contribution < 1.29 is 0 Å². The van der Waals surface area contributed by atoms with Crippen LogP contribution in [0.1, 0.15) is 38.3 Å². The Morgan fingerprint density at radius 2 is 2.41 bits per heavy atom. The van der Waals surface area contributed by atoms with Crippen LogP contribution in [0.2, 0.25) is 0 Å². The molecule has 4 heteroatoms. The quantitative estimate of drug-likeness (QED) is 0.552. The first kappa shape index (κ1) is 13.8. The van der Waals surface area contributed by atoms with E-state index >= 15 is 0 Å². The van der Waals surface area contributed by atoms with Gasteiger partial charge in [0.15, 0.2) is 0 Å². The van der Waals surface area contributed by atoms with Crippen LogP contribution in [0.25, 0.3) is 0 Å². The first-order valence-corrected chi connectivity index (χ1v) is 6.17. The standard InChI is InChI=1S/C13H22N4/c1-3-5-6-7-15-13(9-14)12-10-16-17(11-12)8-4-2/h10-11,13,15H,4,6-9,14H2,1-2H3. The molecular weight excluding hydrogens is 212 g/mol. The summed E-state index contributed by atoms with van der Waals surface area (Å²) in [6.07, 6.45) is 5.91. The molecule has 1 aromatic heterocycles. The second-order valence-corrected chi connectivity index (χ2v) is 3.96. The van der Waals surface area contributed by atoms with Gasteiger partial charge >= 0.3 is 0 Å². The Balaban J connectivity index is 2.49. The third kappa shape index (κ3) is 4.59. The summed E-state index contributed by atoms with van der Waals surface area (Å²) in [5, 5.41) is 7.71. The van der Waals surface area contributed by atoms with Crippen LogP contribution in [0.5, 0.6) is 0 Å². The third-order valence-electron chi connectivity index (χ3n) is 2.56. The van der Waals surface area contributed by atoms with Crippen LogP contribution in [-0.2, 0) is 6.54 Å². The Bertz CT molecular complexity index is 372. The van der Waals surface area contributed by atoms with E-state index in [-0.39, 0.29) is 6.04 Å². The van der Waals surface area contributed by atoms with Crippen molar-refractivity contribution in [2.24, 2.45) is 5.73 Å². The molecule has 1 atom stereocenters. The van der Waals surface area contributed by atoms with Crippen molar-refractivity contribution in [3.05, 3.63) is 18.0 Å². The molecule has 1 unspecified atom stereocenters. The number of nitrogens with zero attached hydrogens (tertiary/aromatic N) is 2. The van der Waals surface area contributed by atoms with Gasteiger partial charge in [0, 0.05) is 43.9 Å². The van der Waals surface area contributed by atoms with Crippen molar-refractivity contribution in [2.45, 2.75) is 39.3 Å². The number of nitrogens with two attached hydrogens (primary N) is 1. The van der Waals surface area contributed by atoms with Gasteiger partial charge in [0.05, 0.1) is 6.20 Å². The molecule has 0 spiro atoms. The number of aromatic nitrogens is 2. The van der Waals surface area contributed by atoms with Gasteiger partial charge in [-0.05, 0) is 13.3 Å². The molecule has 0 bridgehead atoms. The smallest absolute Gasteiger partial charge is 0.0538 e. The van der Waals surface area contributed by atoms with E-state index < -0.39 is 0 Å². The van der Waals surface area contributed by atoms with Crippen molar-refractivity contribution in [1.29, 1.82) is 0 Å². The van der Waals surface area contributed by atoms with E-state index in [4.69, 9.17) is 5.73 Å². The fourth-order valence-corrected chi connectivity index (χ4v) is 1.68. The summed E-state index contributed by atoms with van der Waals surface area (Å²) in [5.41, 5.74) is 6.92. The molecule has 0 aromatic carbocycles. The molecule has 0 saturated carbocycles. The lowest BCUT2D eigenvalue weighted by Crippen LogP contribution is -2.28. The van der Waals surface area contributed by atoms with E-state index in [1.54, 1.807) is 0 Å². The summed E-state index contributed by atoms with van der Waals surface area (Å²) >= 11 is 0. The van der Waals surface area contributed by atoms with Crippen LogP contribution in [0, 0.1) is 11.8 Å². The average molecular weight is 234 g/mol. The zero-order valence-electron chi connectivity index (χ0n) is 10.7.